The van der Waals surface area contributed by atoms with Crippen LogP contribution >= 0.6 is 11.3 Å². The summed E-state index contributed by atoms with van der Waals surface area (Å²) in [6, 6.07) is 62.0. The maximum atomic E-state index is 2.34. The number of hydrogen-bond donors (Lipinski definition) is 0. The van der Waals surface area contributed by atoms with Gasteiger partial charge in [-0.1, -0.05) is 113 Å². The van der Waals surface area contributed by atoms with E-state index in [4.69, 9.17) is 0 Å². The predicted molar refractivity (Wildman–Crippen MR) is 221 cm³/mol. The molecule has 0 aliphatic rings. The zero-order valence-corrected chi connectivity index (χ0v) is 30.3. The van der Waals surface area contributed by atoms with Gasteiger partial charge in [-0.05, 0) is 118 Å². The van der Waals surface area contributed by atoms with E-state index >= 15 is 0 Å². The van der Waals surface area contributed by atoms with Crippen LogP contribution < -0.4 is 9.80 Å². The number of hydrogen-bond acceptors (Lipinski definition) is 3. The first-order chi connectivity index (χ1) is 24.9. The van der Waals surface area contributed by atoms with Crippen LogP contribution in [0, 0.1) is 27.7 Å². The van der Waals surface area contributed by atoms with Crippen molar-refractivity contribution in [2.24, 2.45) is 0 Å². The fourth-order valence-corrected chi connectivity index (χ4v) is 7.97. The number of nitrogens with zero attached hydrogens (tertiary/aromatic N) is 2. The van der Waals surface area contributed by atoms with Crippen LogP contribution in [0.1, 0.15) is 22.3 Å². The number of benzene rings is 7. The Morgan fingerprint density at radius 2 is 0.647 bits per heavy atom. The van der Waals surface area contributed by atoms with E-state index in [9.17, 15) is 0 Å². The van der Waals surface area contributed by atoms with E-state index in [0.29, 0.717) is 0 Å². The molecule has 0 atom stereocenters. The normalized spacial score (nSPS) is 11.1. The minimum atomic E-state index is 1.13. The second kappa shape index (κ2) is 13.8. The van der Waals surface area contributed by atoms with E-state index in [2.05, 4.69) is 207 Å². The van der Waals surface area contributed by atoms with Crippen molar-refractivity contribution in [3.05, 3.63) is 192 Å². The van der Waals surface area contributed by atoms with Crippen molar-refractivity contribution in [1.29, 1.82) is 0 Å². The average molecular weight is 677 g/mol. The second-order valence-electron chi connectivity index (χ2n) is 13.4. The van der Waals surface area contributed by atoms with Crippen LogP contribution in [-0.2, 0) is 0 Å². The van der Waals surface area contributed by atoms with E-state index in [0.717, 1.165) is 34.1 Å². The van der Waals surface area contributed by atoms with E-state index in [1.165, 1.54) is 53.9 Å². The summed E-state index contributed by atoms with van der Waals surface area (Å²) in [5.41, 5.74) is 15.5. The second-order valence-corrected chi connectivity index (χ2v) is 14.5. The van der Waals surface area contributed by atoms with E-state index in [-0.39, 0.29) is 0 Å². The molecular weight excluding hydrogens is 637 g/mol. The van der Waals surface area contributed by atoms with Gasteiger partial charge in [-0.25, -0.2) is 0 Å². The van der Waals surface area contributed by atoms with Crippen molar-refractivity contribution in [3.63, 3.8) is 0 Å². The van der Waals surface area contributed by atoms with Crippen molar-refractivity contribution in [3.8, 4) is 21.6 Å². The molecule has 0 unspecified atom stereocenters. The third kappa shape index (κ3) is 6.57. The Morgan fingerprint density at radius 3 is 1.02 bits per heavy atom. The fraction of sp³-hybridized carbons (Fsp3) is 0.0833. The smallest absolute Gasteiger partial charge is 0.0462 e. The lowest BCUT2D eigenvalue weighted by Crippen LogP contribution is -2.09. The third-order valence-electron chi connectivity index (χ3n) is 9.57. The third-order valence-corrected chi connectivity index (χ3v) is 10.8. The topological polar surface area (TPSA) is 6.48 Å². The van der Waals surface area contributed by atoms with E-state index < -0.39 is 0 Å². The van der Waals surface area contributed by atoms with Gasteiger partial charge in [0.2, 0.25) is 0 Å². The van der Waals surface area contributed by atoms with Gasteiger partial charge >= 0.3 is 0 Å². The molecule has 0 spiro atoms. The largest absolute Gasteiger partial charge is 0.311 e. The van der Waals surface area contributed by atoms with E-state index in [1.807, 2.05) is 11.3 Å². The Hall–Kier alpha value is -5.90. The van der Waals surface area contributed by atoms with Crippen LogP contribution in [0.25, 0.3) is 31.7 Å². The predicted octanol–water partition coefficient (Wildman–Crippen LogP) is 14.4. The molecular formula is C48H40N2S. The Morgan fingerprint density at radius 1 is 0.333 bits per heavy atom. The summed E-state index contributed by atoms with van der Waals surface area (Å²) in [4.78, 5) is 5.95. The molecule has 0 saturated heterocycles. The summed E-state index contributed by atoms with van der Waals surface area (Å²) >= 11 is 1.86. The molecule has 51 heavy (non-hydrogen) atoms. The molecule has 1 heterocycles. The molecule has 0 bridgehead atoms. The van der Waals surface area contributed by atoms with Crippen LogP contribution in [0.5, 0.6) is 0 Å². The highest BCUT2D eigenvalue weighted by Crippen LogP contribution is 2.46. The lowest BCUT2D eigenvalue weighted by Gasteiger charge is -2.26. The van der Waals surface area contributed by atoms with Gasteiger partial charge in [-0.2, -0.15) is 0 Å². The molecule has 0 saturated carbocycles. The zero-order valence-electron chi connectivity index (χ0n) is 29.5. The molecule has 0 aliphatic heterocycles. The first-order valence-electron chi connectivity index (χ1n) is 17.5. The van der Waals surface area contributed by atoms with Gasteiger partial charge < -0.3 is 9.80 Å². The van der Waals surface area contributed by atoms with Gasteiger partial charge in [-0.3, -0.25) is 0 Å². The van der Waals surface area contributed by atoms with Crippen LogP contribution in [0.3, 0.4) is 0 Å². The molecule has 2 nitrogen and oxygen atoms in total. The van der Waals surface area contributed by atoms with Gasteiger partial charge in [0.15, 0.2) is 0 Å². The quantitative estimate of drug-likeness (QED) is 0.158. The fourth-order valence-electron chi connectivity index (χ4n) is 6.74. The minimum absolute atomic E-state index is 1.13. The summed E-state index contributed by atoms with van der Waals surface area (Å²) < 4.78 is 1.29. The van der Waals surface area contributed by atoms with Crippen molar-refractivity contribution >= 4 is 55.5 Å². The van der Waals surface area contributed by atoms with Crippen LogP contribution in [0.4, 0.5) is 34.1 Å². The summed E-state index contributed by atoms with van der Waals surface area (Å²) in [7, 11) is 0. The highest BCUT2D eigenvalue weighted by molar-refractivity contribution is 7.23. The van der Waals surface area contributed by atoms with Crippen molar-refractivity contribution < 1.29 is 0 Å². The Labute approximate surface area is 305 Å². The van der Waals surface area contributed by atoms with Crippen LogP contribution in [-0.4, -0.2) is 0 Å². The lowest BCUT2D eigenvalue weighted by molar-refractivity contribution is 1.27. The molecule has 1 aromatic heterocycles. The number of aryl methyl sites for hydroxylation is 4. The van der Waals surface area contributed by atoms with Crippen LogP contribution in [0.15, 0.2) is 170 Å². The monoisotopic (exact) mass is 676 g/mol. The molecule has 8 rings (SSSR count). The van der Waals surface area contributed by atoms with Gasteiger partial charge in [0.05, 0.1) is 0 Å². The first-order valence-corrected chi connectivity index (χ1v) is 18.3. The van der Waals surface area contributed by atoms with Crippen LogP contribution in [0.2, 0.25) is 0 Å². The average Bonchev–Trinajstić information content (AvgIpc) is 3.55. The van der Waals surface area contributed by atoms with Gasteiger partial charge in [0.25, 0.3) is 0 Å². The maximum Gasteiger partial charge on any atom is 0.0462 e. The lowest BCUT2D eigenvalue weighted by atomic mass is 9.98. The minimum Gasteiger partial charge on any atom is -0.311 e. The standard InChI is InChI=1S/C48H40N2S/c1-33-9-21-39(22-10-33)49(40-23-11-34(2)12-24-40)43-29-17-37(18-30-43)47-45-7-5-6-8-46(45)51-48(47)38-19-31-44(32-20-38)50(41-25-13-35(3)14-26-41)42-27-15-36(4)16-28-42/h5-32H,1-4H3. The first kappa shape index (κ1) is 32.3. The SMILES string of the molecule is Cc1ccc(N(c2ccc(C)cc2)c2ccc(-c3sc4ccccc4c3-c3ccc(N(c4ccc(C)cc4)c4ccc(C)cc4)cc3)cc2)cc1. The summed E-state index contributed by atoms with van der Waals surface area (Å²) in [5.74, 6) is 0. The molecule has 0 amide bonds. The molecule has 3 heteroatoms. The van der Waals surface area contributed by atoms with Gasteiger partial charge in [0.1, 0.15) is 0 Å². The Balaban J connectivity index is 1.19. The number of rotatable bonds is 8. The Bertz CT molecular complexity index is 2310. The molecule has 0 radical (unpaired) electrons. The summed E-state index contributed by atoms with van der Waals surface area (Å²) in [6.45, 7) is 8.54. The number of thiophene rings is 1. The molecule has 8 aromatic rings. The van der Waals surface area contributed by atoms with Gasteiger partial charge in [0, 0.05) is 54.7 Å². The zero-order chi connectivity index (χ0) is 34.9. The Kier molecular flexibility index (Phi) is 8.73. The number of fused-ring (bicyclic) bond motifs is 1. The molecule has 248 valence electrons. The van der Waals surface area contributed by atoms with E-state index in [1.54, 1.807) is 0 Å². The highest BCUT2D eigenvalue weighted by atomic mass is 32.1. The molecule has 7 aromatic carbocycles. The van der Waals surface area contributed by atoms with Crippen molar-refractivity contribution in [2.45, 2.75) is 27.7 Å². The maximum absolute atomic E-state index is 2.34. The van der Waals surface area contributed by atoms with Crippen molar-refractivity contribution in [2.75, 3.05) is 9.80 Å². The highest BCUT2D eigenvalue weighted by Gasteiger charge is 2.19. The molecule has 0 aliphatic carbocycles. The van der Waals surface area contributed by atoms with Crippen molar-refractivity contribution in [1.82, 2.24) is 0 Å². The summed E-state index contributed by atoms with van der Waals surface area (Å²) in [6.07, 6.45) is 0. The summed E-state index contributed by atoms with van der Waals surface area (Å²) in [5, 5.41) is 1.28. The molecule has 0 N–H and O–H groups in total. The number of anilines is 6. The van der Waals surface area contributed by atoms with Gasteiger partial charge in [-0.15, -0.1) is 11.3 Å². The molecule has 0 fully saturated rings.